The van der Waals surface area contributed by atoms with Crippen molar-refractivity contribution in [2.75, 3.05) is 17.2 Å². The number of rotatable bonds is 7. The molecule has 5 heteroatoms. The van der Waals surface area contributed by atoms with Crippen molar-refractivity contribution in [1.29, 1.82) is 0 Å². The lowest BCUT2D eigenvalue weighted by atomic mass is 10.1. The Kier molecular flexibility index (Phi) is 5.69. The van der Waals surface area contributed by atoms with E-state index in [0.29, 0.717) is 5.95 Å². The summed E-state index contributed by atoms with van der Waals surface area (Å²) in [6.45, 7) is 9.38. The van der Waals surface area contributed by atoms with Crippen LogP contribution in [-0.2, 0) is 0 Å². The molecule has 2 rings (SSSR count). The van der Waals surface area contributed by atoms with Crippen LogP contribution in [0.3, 0.4) is 0 Å². The van der Waals surface area contributed by atoms with Gasteiger partial charge in [-0.2, -0.15) is 10.1 Å². The summed E-state index contributed by atoms with van der Waals surface area (Å²) in [5.41, 5.74) is 4.67. The Morgan fingerprint density at radius 3 is 2.45 bits per heavy atom. The summed E-state index contributed by atoms with van der Waals surface area (Å²) in [5, 5.41) is 14.7. The minimum Gasteiger partial charge on any atom is -0.369 e. The number of nitrogens with zero attached hydrogens (tertiary/aromatic N) is 3. The Morgan fingerprint density at radius 2 is 1.77 bits per heavy atom. The normalized spacial score (nSPS) is 10.5. The van der Waals surface area contributed by atoms with E-state index in [4.69, 9.17) is 0 Å². The minimum absolute atomic E-state index is 0.524. The van der Waals surface area contributed by atoms with E-state index < -0.39 is 0 Å². The van der Waals surface area contributed by atoms with E-state index in [1.54, 1.807) is 6.20 Å². The van der Waals surface area contributed by atoms with Crippen molar-refractivity contribution in [2.45, 2.75) is 47.0 Å². The molecule has 0 amide bonds. The SMILES string of the molecule is CCCCCNc1cnnc(Nc2c(C)cc(C)cc2C)n1. The van der Waals surface area contributed by atoms with Gasteiger partial charge in [-0.3, -0.25) is 0 Å². The highest BCUT2D eigenvalue weighted by molar-refractivity contribution is 5.64. The smallest absolute Gasteiger partial charge is 0.249 e. The zero-order chi connectivity index (χ0) is 15.9. The lowest BCUT2D eigenvalue weighted by Crippen LogP contribution is -2.07. The monoisotopic (exact) mass is 299 g/mol. The largest absolute Gasteiger partial charge is 0.369 e. The Morgan fingerprint density at radius 1 is 1.05 bits per heavy atom. The van der Waals surface area contributed by atoms with E-state index in [-0.39, 0.29) is 0 Å². The van der Waals surface area contributed by atoms with Crippen LogP contribution in [0.1, 0.15) is 42.9 Å². The molecule has 0 saturated carbocycles. The maximum Gasteiger partial charge on any atom is 0.249 e. The number of benzene rings is 1. The van der Waals surface area contributed by atoms with Crippen LogP contribution >= 0.6 is 0 Å². The van der Waals surface area contributed by atoms with Crippen LogP contribution < -0.4 is 10.6 Å². The standard InChI is InChI=1S/C17H25N5/c1-5-6-7-8-18-15-11-19-22-17(20-15)21-16-13(3)9-12(2)10-14(16)4/h9-11H,5-8H2,1-4H3,(H2,18,20,21,22). The highest BCUT2D eigenvalue weighted by atomic mass is 15.3. The summed E-state index contributed by atoms with van der Waals surface area (Å²) in [4.78, 5) is 4.47. The first-order chi connectivity index (χ1) is 10.6. The first-order valence-corrected chi connectivity index (χ1v) is 7.88. The molecular formula is C17H25N5. The number of anilines is 3. The van der Waals surface area contributed by atoms with Gasteiger partial charge in [-0.15, -0.1) is 5.10 Å². The molecule has 2 aromatic rings. The molecule has 0 fully saturated rings. The summed E-state index contributed by atoms with van der Waals surface area (Å²) in [6.07, 6.45) is 5.23. The Hall–Kier alpha value is -2.17. The van der Waals surface area contributed by atoms with E-state index >= 15 is 0 Å². The van der Waals surface area contributed by atoms with Crippen molar-refractivity contribution in [3.8, 4) is 0 Å². The fourth-order valence-corrected chi connectivity index (χ4v) is 2.52. The molecular weight excluding hydrogens is 274 g/mol. The first kappa shape index (κ1) is 16.2. The number of hydrogen-bond donors (Lipinski definition) is 2. The molecule has 0 radical (unpaired) electrons. The molecule has 22 heavy (non-hydrogen) atoms. The maximum absolute atomic E-state index is 4.47. The highest BCUT2D eigenvalue weighted by Gasteiger charge is 2.07. The predicted octanol–water partition coefficient (Wildman–Crippen LogP) is 4.14. The maximum atomic E-state index is 4.47. The quantitative estimate of drug-likeness (QED) is 0.752. The second-order valence-electron chi connectivity index (χ2n) is 5.70. The molecule has 0 aliphatic rings. The van der Waals surface area contributed by atoms with E-state index in [1.165, 1.54) is 29.5 Å². The van der Waals surface area contributed by atoms with Crippen LogP contribution in [0.2, 0.25) is 0 Å². The molecule has 5 nitrogen and oxygen atoms in total. The molecule has 1 aromatic carbocycles. The van der Waals surface area contributed by atoms with E-state index in [1.807, 2.05) is 0 Å². The third-order valence-corrected chi connectivity index (χ3v) is 3.56. The summed E-state index contributed by atoms with van der Waals surface area (Å²) in [6, 6.07) is 4.30. The van der Waals surface area contributed by atoms with Gasteiger partial charge in [0, 0.05) is 12.2 Å². The average Bonchev–Trinajstić information content (AvgIpc) is 2.48. The fourth-order valence-electron chi connectivity index (χ4n) is 2.52. The van der Waals surface area contributed by atoms with Crippen LogP contribution in [0.5, 0.6) is 0 Å². The van der Waals surface area contributed by atoms with Gasteiger partial charge in [0.15, 0.2) is 5.82 Å². The molecule has 118 valence electrons. The van der Waals surface area contributed by atoms with Gasteiger partial charge in [0.25, 0.3) is 0 Å². The van der Waals surface area contributed by atoms with E-state index in [0.717, 1.165) is 24.5 Å². The van der Waals surface area contributed by atoms with Gasteiger partial charge >= 0.3 is 0 Å². The van der Waals surface area contributed by atoms with Gasteiger partial charge in [0.2, 0.25) is 5.95 Å². The summed E-state index contributed by atoms with van der Waals surface area (Å²) >= 11 is 0. The molecule has 1 aromatic heterocycles. The molecule has 0 aliphatic carbocycles. The van der Waals surface area contributed by atoms with E-state index in [9.17, 15) is 0 Å². The van der Waals surface area contributed by atoms with Crippen LogP contribution in [-0.4, -0.2) is 21.7 Å². The van der Waals surface area contributed by atoms with Crippen molar-refractivity contribution in [2.24, 2.45) is 0 Å². The first-order valence-electron chi connectivity index (χ1n) is 7.88. The minimum atomic E-state index is 0.524. The second kappa shape index (κ2) is 7.73. The molecule has 0 unspecified atom stereocenters. The van der Waals surface area contributed by atoms with Crippen molar-refractivity contribution in [1.82, 2.24) is 15.2 Å². The third-order valence-electron chi connectivity index (χ3n) is 3.56. The zero-order valence-corrected chi connectivity index (χ0v) is 13.9. The van der Waals surface area contributed by atoms with Crippen LogP contribution in [0.25, 0.3) is 0 Å². The molecule has 0 aliphatic heterocycles. The zero-order valence-electron chi connectivity index (χ0n) is 13.9. The average molecular weight is 299 g/mol. The lowest BCUT2D eigenvalue weighted by molar-refractivity contribution is 0.741. The van der Waals surface area contributed by atoms with Gasteiger partial charge in [-0.25, -0.2) is 0 Å². The molecule has 0 atom stereocenters. The van der Waals surface area contributed by atoms with E-state index in [2.05, 4.69) is 65.6 Å². The van der Waals surface area contributed by atoms with Crippen LogP contribution in [0.15, 0.2) is 18.3 Å². The second-order valence-corrected chi connectivity index (χ2v) is 5.70. The van der Waals surface area contributed by atoms with Crippen LogP contribution in [0, 0.1) is 20.8 Å². The number of aryl methyl sites for hydroxylation is 3. The van der Waals surface area contributed by atoms with Gasteiger partial charge < -0.3 is 10.6 Å². The summed E-state index contributed by atoms with van der Waals surface area (Å²) in [7, 11) is 0. The van der Waals surface area contributed by atoms with Crippen molar-refractivity contribution in [3.63, 3.8) is 0 Å². The number of aromatic nitrogens is 3. The molecule has 2 N–H and O–H groups in total. The molecule has 1 heterocycles. The molecule has 0 saturated heterocycles. The third kappa shape index (κ3) is 4.41. The van der Waals surface area contributed by atoms with Gasteiger partial charge in [0.05, 0.1) is 6.20 Å². The Bertz CT molecular complexity index is 601. The number of hydrogen-bond acceptors (Lipinski definition) is 5. The molecule has 0 bridgehead atoms. The van der Waals surface area contributed by atoms with Gasteiger partial charge in [-0.05, 0) is 38.3 Å². The lowest BCUT2D eigenvalue weighted by Gasteiger charge is -2.13. The van der Waals surface area contributed by atoms with Crippen LogP contribution in [0.4, 0.5) is 17.5 Å². The van der Waals surface area contributed by atoms with Crippen molar-refractivity contribution >= 4 is 17.5 Å². The van der Waals surface area contributed by atoms with Crippen molar-refractivity contribution < 1.29 is 0 Å². The topological polar surface area (TPSA) is 62.7 Å². The Balaban J connectivity index is 2.07. The molecule has 0 spiro atoms. The van der Waals surface area contributed by atoms with Crippen molar-refractivity contribution in [3.05, 3.63) is 35.0 Å². The summed E-state index contributed by atoms with van der Waals surface area (Å²) in [5.74, 6) is 1.28. The summed E-state index contributed by atoms with van der Waals surface area (Å²) < 4.78 is 0. The fraction of sp³-hybridized carbons (Fsp3) is 0.471. The number of unbranched alkanes of at least 4 members (excludes halogenated alkanes) is 2. The number of nitrogens with one attached hydrogen (secondary N) is 2. The Labute approximate surface area is 132 Å². The van der Waals surface area contributed by atoms with Gasteiger partial charge in [0.1, 0.15) is 0 Å². The predicted molar refractivity (Wildman–Crippen MR) is 91.8 cm³/mol. The highest BCUT2D eigenvalue weighted by Crippen LogP contribution is 2.24. The van der Waals surface area contributed by atoms with Gasteiger partial charge in [-0.1, -0.05) is 37.5 Å².